The molecule has 0 unspecified atom stereocenters. The summed E-state index contributed by atoms with van der Waals surface area (Å²) in [7, 11) is 0. The van der Waals surface area contributed by atoms with Crippen molar-refractivity contribution in [3.05, 3.63) is 101 Å². The van der Waals surface area contributed by atoms with E-state index >= 15 is 0 Å². The lowest BCUT2D eigenvalue weighted by Gasteiger charge is -2.37. The van der Waals surface area contributed by atoms with Gasteiger partial charge < -0.3 is 19.5 Å². The summed E-state index contributed by atoms with van der Waals surface area (Å²) >= 11 is 1.53. The number of aromatic nitrogens is 2. The molecule has 1 saturated heterocycles. The summed E-state index contributed by atoms with van der Waals surface area (Å²) in [5.74, 6) is 1.99. The number of alkyl halides is 3. The van der Waals surface area contributed by atoms with Gasteiger partial charge in [-0.25, -0.2) is 9.97 Å². The molecule has 0 bridgehead atoms. The first-order chi connectivity index (χ1) is 19.8. The van der Waals surface area contributed by atoms with Gasteiger partial charge in [-0.2, -0.15) is 13.2 Å². The molecule has 1 aliphatic rings. The normalized spacial score (nSPS) is 13.9. The molecule has 1 amide bonds. The molecule has 1 fully saturated rings. The van der Waals surface area contributed by atoms with Crippen molar-refractivity contribution in [3.8, 4) is 0 Å². The van der Waals surface area contributed by atoms with Crippen molar-refractivity contribution in [3.63, 3.8) is 0 Å². The molecule has 0 spiro atoms. The van der Waals surface area contributed by atoms with Gasteiger partial charge in [-0.1, -0.05) is 36.9 Å². The molecule has 214 valence electrons. The number of benzene rings is 2. The predicted octanol–water partition coefficient (Wildman–Crippen LogP) is 6.20. The number of hydrogen-bond acceptors (Lipinski definition) is 7. The minimum atomic E-state index is -4.36. The maximum Gasteiger partial charge on any atom is 0.416 e. The highest BCUT2D eigenvalue weighted by Crippen LogP contribution is 2.32. The lowest BCUT2D eigenvalue weighted by Crippen LogP contribution is -2.47. The van der Waals surface area contributed by atoms with Crippen molar-refractivity contribution < 1.29 is 22.4 Å². The topological polar surface area (TPSA) is 74.5 Å². The number of rotatable bonds is 9. The number of furan rings is 1. The first kappa shape index (κ1) is 28.5. The summed E-state index contributed by atoms with van der Waals surface area (Å²) in [6.45, 7) is 4.85. The third kappa shape index (κ3) is 7.40. The van der Waals surface area contributed by atoms with Crippen molar-refractivity contribution in [2.45, 2.75) is 37.0 Å². The molecule has 1 aliphatic heterocycles. The molecule has 1 N–H and O–H groups in total. The van der Waals surface area contributed by atoms with Crippen molar-refractivity contribution >= 4 is 29.2 Å². The van der Waals surface area contributed by atoms with E-state index in [1.165, 1.54) is 23.9 Å². The van der Waals surface area contributed by atoms with Crippen LogP contribution in [0, 0.1) is 0 Å². The fraction of sp³-hybridized carbons (Fsp3) is 0.300. The van der Waals surface area contributed by atoms with Crippen LogP contribution in [0.5, 0.6) is 0 Å². The number of piperazine rings is 1. The molecular weight excluding hydrogens is 551 g/mol. The highest BCUT2D eigenvalue weighted by molar-refractivity contribution is 7.98. The molecule has 41 heavy (non-hydrogen) atoms. The van der Waals surface area contributed by atoms with E-state index in [-0.39, 0.29) is 5.91 Å². The number of anilines is 2. The Bertz CT molecular complexity index is 1450. The summed E-state index contributed by atoms with van der Waals surface area (Å²) in [5, 5.41) is 3.50. The summed E-state index contributed by atoms with van der Waals surface area (Å²) in [6.07, 6.45) is -2.03. The summed E-state index contributed by atoms with van der Waals surface area (Å²) in [5.41, 5.74) is 2.49. The zero-order chi connectivity index (χ0) is 28.8. The van der Waals surface area contributed by atoms with Gasteiger partial charge in [-0.15, -0.1) is 0 Å². The monoisotopic (exact) mass is 581 g/mol. The number of carbonyl (C=O) groups is 1. The smallest absolute Gasteiger partial charge is 0.416 e. The van der Waals surface area contributed by atoms with E-state index in [0.717, 1.165) is 29.6 Å². The Balaban J connectivity index is 1.18. The second kappa shape index (κ2) is 12.7. The zero-order valence-corrected chi connectivity index (χ0v) is 23.3. The number of halogens is 3. The van der Waals surface area contributed by atoms with Gasteiger partial charge in [0, 0.05) is 54.9 Å². The van der Waals surface area contributed by atoms with Gasteiger partial charge in [0.25, 0.3) is 5.91 Å². The van der Waals surface area contributed by atoms with Gasteiger partial charge >= 0.3 is 6.18 Å². The lowest BCUT2D eigenvalue weighted by atomic mass is 10.1. The average Bonchev–Trinajstić information content (AvgIpc) is 3.52. The first-order valence-corrected chi connectivity index (χ1v) is 14.3. The van der Waals surface area contributed by atoms with E-state index in [1.54, 1.807) is 30.5 Å². The Morgan fingerprint density at radius 2 is 1.73 bits per heavy atom. The second-order valence-electron chi connectivity index (χ2n) is 9.62. The van der Waals surface area contributed by atoms with Gasteiger partial charge in [0.15, 0.2) is 5.16 Å². The highest BCUT2D eigenvalue weighted by atomic mass is 32.2. The summed E-state index contributed by atoms with van der Waals surface area (Å²) in [6, 6.07) is 18.5. The SMILES string of the molecule is CCc1cc(N2CCN(c3cccc(C(F)(F)F)c3)CC2)nc(SCc2ccc(C(=O)NCc3ccco3)cc2)n1. The minimum Gasteiger partial charge on any atom is -0.467 e. The molecule has 2 aromatic carbocycles. The third-order valence-corrected chi connectivity index (χ3v) is 7.76. The number of aryl methyl sites for hydroxylation is 1. The van der Waals surface area contributed by atoms with E-state index in [0.29, 0.717) is 60.6 Å². The number of carbonyl (C=O) groups excluding carboxylic acids is 1. The van der Waals surface area contributed by atoms with Crippen LogP contribution in [-0.4, -0.2) is 42.1 Å². The van der Waals surface area contributed by atoms with Crippen LogP contribution in [0.4, 0.5) is 24.7 Å². The van der Waals surface area contributed by atoms with Gasteiger partial charge in [-0.3, -0.25) is 4.79 Å². The Labute approximate surface area is 240 Å². The van der Waals surface area contributed by atoms with Crippen LogP contribution >= 0.6 is 11.8 Å². The highest BCUT2D eigenvalue weighted by Gasteiger charge is 2.31. The molecule has 2 aromatic heterocycles. The molecule has 0 atom stereocenters. The van der Waals surface area contributed by atoms with Crippen LogP contribution in [0.2, 0.25) is 0 Å². The maximum absolute atomic E-state index is 13.2. The van der Waals surface area contributed by atoms with E-state index < -0.39 is 11.7 Å². The van der Waals surface area contributed by atoms with E-state index in [9.17, 15) is 18.0 Å². The fourth-order valence-electron chi connectivity index (χ4n) is 4.52. The quantitative estimate of drug-likeness (QED) is 0.186. The molecule has 7 nitrogen and oxygen atoms in total. The van der Waals surface area contributed by atoms with E-state index in [4.69, 9.17) is 9.40 Å². The van der Waals surface area contributed by atoms with Crippen LogP contribution in [0.3, 0.4) is 0 Å². The molecule has 11 heteroatoms. The van der Waals surface area contributed by atoms with Crippen LogP contribution in [-0.2, 0) is 24.9 Å². The number of nitrogens with one attached hydrogen (secondary N) is 1. The van der Waals surface area contributed by atoms with Gasteiger partial charge in [-0.05, 0) is 54.4 Å². The minimum absolute atomic E-state index is 0.169. The fourth-order valence-corrected chi connectivity index (χ4v) is 5.35. The molecular formula is C30H30F3N5O2S. The van der Waals surface area contributed by atoms with Crippen LogP contribution in [0.1, 0.15) is 39.9 Å². The van der Waals surface area contributed by atoms with E-state index in [1.807, 2.05) is 36.1 Å². The standard InChI is InChI=1S/C30H30F3N5O2S/c1-2-24-18-27(38-14-12-37(13-15-38)25-6-3-5-23(17-25)30(31,32)33)36-29(35-24)41-20-21-8-10-22(11-9-21)28(39)34-19-26-7-4-16-40-26/h3-11,16-18H,2,12-15,19-20H2,1H3,(H,34,39). The van der Waals surface area contributed by atoms with Crippen molar-refractivity contribution in [2.75, 3.05) is 36.0 Å². The van der Waals surface area contributed by atoms with Crippen LogP contribution in [0.15, 0.2) is 82.6 Å². The molecule has 0 radical (unpaired) electrons. The lowest BCUT2D eigenvalue weighted by molar-refractivity contribution is -0.137. The molecule has 0 saturated carbocycles. The Morgan fingerprint density at radius 1 is 0.976 bits per heavy atom. The number of hydrogen-bond donors (Lipinski definition) is 1. The Kier molecular flexibility index (Phi) is 8.82. The predicted molar refractivity (Wildman–Crippen MR) is 153 cm³/mol. The molecule has 3 heterocycles. The van der Waals surface area contributed by atoms with Crippen LogP contribution < -0.4 is 15.1 Å². The third-order valence-electron chi connectivity index (χ3n) is 6.84. The zero-order valence-electron chi connectivity index (χ0n) is 22.5. The first-order valence-electron chi connectivity index (χ1n) is 13.4. The van der Waals surface area contributed by atoms with Crippen LogP contribution in [0.25, 0.3) is 0 Å². The van der Waals surface area contributed by atoms with Gasteiger partial charge in [0.1, 0.15) is 11.6 Å². The van der Waals surface area contributed by atoms with Crippen molar-refractivity contribution in [1.29, 1.82) is 0 Å². The molecule has 5 rings (SSSR count). The number of amides is 1. The average molecular weight is 582 g/mol. The number of thioether (sulfide) groups is 1. The van der Waals surface area contributed by atoms with Crippen molar-refractivity contribution in [2.24, 2.45) is 0 Å². The van der Waals surface area contributed by atoms with Crippen molar-refractivity contribution in [1.82, 2.24) is 15.3 Å². The summed E-state index contributed by atoms with van der Waals surface area (Å²) < 4.78 is 44.7. The number of nitrogens with zero attached hydrogens (tertiary/aromatic N) is 4. The van der Waals surface area contributed by atoms with Gasteiger partial charge in [0.05, 0.1) is 18.4 Å². The molecule has 4 aromatic rings. The van der Waals surface area contributed by atoms with Gasteiger partial charge in [0.2, 0.25) is 0 Å². The molecule has 0 aliphatic carbocycles. The second-order valence-corrected chi connectivity index (χ2v) is 10.6. The largest absolute Gasteiger partial charge is 0.467 e. The Morgan fingerprint density at radius 3 is 2.41 bits per heavy atom. The van der Waals surface area contributed by atoms with E-state index in [2.05, 4.69) is 15.2 Å². The summed E-state index contributed by atoms with van der Waals surface area (Å²) in [4.78, 5) is 26.0. The maximum atomic E-state index is 13.2. The Hall–Kier alpha value is -3.99.